The van der Waals surface area contributed by atoms with Crippen LogP contribution in [0.3, 0.4) is 0 Å². The Morgan fingerprint density at radius 3 is 2.36 bits per heavy atom. The molecule has 0 aliphatic carbocycles. The zero-order valence-electron chi connectivity index (χ0n) is 23.2. The smallest absolute Gasteiger partial charge is 0.444 e. The molecule has 2 fully saturated rings. The number of amides is 1. The number of ether oxygens (including phenoxy) is 1. The van der Waals surface area contributed by atoms with E-state index >= 15 is 0 Å². The van der Waals surface area contributed by atoms with E-state index in [4.69, 9.17) is 19.0 Å². The number of carbonyl (C=O) groups excluding carboxylic acids is 2. The molecule has 2 aliphatic rings. The molecular weight excluding hydrogens is 457 g/mol. The highest BCUT2D eigenvalue weighted by molar-refractivity contribution is 6.62. The van der Waals surface area contributed by atoms with Crippen molar-refractivity contribution >= 4 is 35.6 Å². The first-order chi connectivity index (χ1) is 16.6. The number of imidazole rings is 1. The van der Waals surface area contributed by atoms with Gasteiger partial charge in [-0.1, -0.05) is 19.4 Å². The van der Waals surface area contributed by atoms with Gasteiger partial charge in [0.25, 0.3) is 0 Å². The molecule has 36 heavy (non-hydrogen) atoms. The highest BCUT2D eigenvalue weighted by Crippen LogP contribution is 2.40. The van der Waals surface area contributed by atoms with E-state index < -0.39 is 23.9 Å². The highest BCUT2D eigenvalue weighted by Gasteiger charge is 2.52. The van der Waals surface area contributed by atoms with E-state index in [0.29, 0.717) is 23.4 Å². The number of rotatable bonds is 3. The van der Waals surface area contributed by atoms with Crippen molar-refractivity contribution in [1.82, 2.24) is 14.5 Å². The second-order valence-corrected chi connectivity index (χ2v) is 12.1. The molecule has 1 aromatic carbocycles. The Morgan fingerprint density at radius 1 is 1.17 bits per heavy atom. The van der Waals surface area contributed by atoms with Crippen LogP contribution in [-0.4, -0.2) is 56.9 Å². The van der Waals surface area contributed by atoms with Gasteiger partial charge in [-0.2, -0.15) is 0 Å². The van der Waals surface area contributed by atoms with Gasteiger partial charge in [-0.25, -0.2) is 9.78 Å². The third kappa shape index (κ3) is 4.79. The van der Waals surface area contributed by atoms with Crippen molar-refractivity contribution in [3.63, 3.8) is 0 Å². The quantitative estimate of drug-likeness (QED) is 0.550. The maximum absolute atomic E-state index is 13.3. The second-order valence-electron chi connectivity index (χ2n) is 12.1. The van der Waals surface area contributed by atoms with Crippen molar-refractivity contribution in [2.75, 3.05) is 6.54 Å². The summed E-state index contributed by atoms with van der Waals surface area (Å²) in [5, 5.41) is 0. The van der Waals surface area contributed by atoms with Crippen LogP contribution in [0.15, 0.2) is 18.2 Å². The van der Waals surface area contributed by atoms with Gasteiger partial charge in [0.2, 0.25) is 5.91 Å². The van der Waals surface area contributed by atoms with E-state index in [0.717, 1.165) is 24.7 Å². The Balaban J connectivity index is 1.80. The lowest BCUT2D eigenvalue weighted by Crippen LogP contribution is -2.46. The minimum Gasteiger partial charge on any atom is -0.444 e. The maximum atomic E-state index is 13.3. The summed E-state index contributed by atoms with van der Waals surface area (Å²) in [4.78, 5) is 33.0. The van der Waals surface area contributed by atoms with Crippen LogP contribution in [0.4, 0.5) is 4.79 Å². The van der Waals surface area contributed by atoms with Crippen LogP contribution in [0.1, 0.15) is 98.2 Å². The first-order valence-electron chi connectivity index (χ1n) is 13.0. The summed E-state index contributed by atoms with van der Waals surface area (Å²) in [6.07, 6.45) is 2.34. The molecule has 2 atom stereocenters. The topological polar surface area (TPSA) is 82.9 Å². The molecule has 8 nitrogen and oxygen atoms in total. The maximum Gasteiger partial charge on any atom is 0.494 e. The fraction of sp³-hybridized carbons (Fsp3) is 0.667. The van der Waals surface area contributed by atoms with E-state index in [1.807, 2.05) is 66.7 Å². The molecule has 1 aromatic heterocycles. The van der Waals surface area contributed by atoms with Crippen LogP contribution in [-0.2, 0) is 14.0 Å². The number of aromatic nitrogens is 2. The lowest BCUT2D eigenvalue weighted by Gasteiger charge is -2.41. The first-order valence-corrected chi connectivity index (χ1v) is 13.0. The number of fused-ring (bicyclic) bond motifs is 1. The molecule has 2 saturated heterocycles. The molecule has 1 amide bonds. The van der Waals surface area contributed by atoms with E-state index in [1.165, 1.54) is 6.92 Å². The summed E-state index contributed by atoms with van der Waals surface area (Å²) in [5.41, 5.74) is 0.666. The normalized spacial score (nSPS) is 23.8. The Bertz CT molecular complexity index is 1150. The minimum absolute atomic E-state index is 0.150. The van der Waals surface area contributed by atoms with Gasteiger partial charge in [0, 0.05) is 13.5 Å². The first kappa shape index (κ1) is 26.7. The molecule has 196 valence electrons. The molecule has 9 heteroatoms. The number of nitrogens with zero attached hydrogens (tertiary/aromatic N) is 3. The van der Waals surface area contributed by atoms with Gasteiger partial charge in [0.1, 0.15) is 11.4 Å². The Labute approximate surface area is 214 Å². The summed E-state index contributed by atoms with van der Waals surface area (Å²) >= 11 is 0. The summed E-state index contributed by atoms with van der Waals surface area (Å²) in [5.74, 6) is 0.604. The number of carbonyl (C=O) groups is 2. The van der Waals surface area contributed by atoms with Crippen LogP contribution in [0.5, 0.6) is 0 Å². The van der Waals surface area contributed by atoms with Crippen molar-refractivity contribution in [1.29, 1.82) is 0 Å². The second kappa shape index (κ2) is 9.17. The molecule has 0 saturated carbocycles. The number of benzene rings is 1. The van der Waals surface area contributed by atoms with Crippen LogP contribution in [0, 0.1) is 5.92 Å². The molecule has 3 heterocycles. The number of piperidine rings is 1. The molecule has 2 aliphatic heterocycles. The minimum atomic E-state index is -0.612. The molecule has 2 unspecified atom stereocenters. The van der Waals surface area contributed by atoms with E-state index in [9.17, 15) is 9.59 Å². The summed E-state index contributed by atoms with van der Waals surface area (Å²) in [6, 6.07) is 5.42. The molecule has 2 aromatic rings. The lowest BCUT2D eigenvalue weighted by atomic mass is 9.79. The molecule has 4 rings (SSSR count). The SMILES string of the molecule is CCC1CCCN(C(=O)OC(C)(C)C)C1c1nc2ccc(B3OC(C)(C)C(C)(C)O3)cc2n1C(C)=O. The van der Waals surface area contributed by atoms with Crippen molar-refractivity contribution in [2.45, 2.75) is 104 Å². The lowest BCUT2D eigenvalue weighted by molar-refractivity contribution is -0.00305. The van der Waals surface area contributed by atoms with Gasteiger partial charge in [0.05, 0.1) is 28.3 Å². The van der Waals surface area contributed by atoms with Crippen LogP contribution >= 0.6 is 0 Å². The Morgan fingerprint density at radius 2 is 1.81 bits per heavy atom. The van der Waals surface area contributed by atoms with Crippen molar-refractivity contribution in [3.8, 4) is 0 Å². The van der Waals surface area contributed by atoms with Gasteiger partial charge in [-0.3, -0.25) is 14.3 Å². The van der Waals surface area contributed by atoms with E-state index in [1.54, 1.807) is 9.47 Å². The predicted octanol–water partition coefficient (Wildman–Crippen LogP) is 5.09. The number of hydrogen-bond acceptors (Lipinski definition) is 6. The molecule has 0 N–H and O–H groups in total. The monoisotopic (exact) mass is 497 g/mol. The molecule has 0 radical (unpaired) electrons. The molecule has 0 bridgehead atoms. The molecular formula is C27H40BN3O5. The zero-order chi connectivity index (χ0) is 26.6. The largest absolute Gasteiger partial charge is 0.494 e. The fourth-order valence-electron chi connectivity index (χ4n) is 5.14. The Kier molecular flexibility index (Phi) is 6.80. The summed E-state index contributed by atoms with van der Waals surface area (Å²) in [6.45, 7) is 17.9. The van der Waals surface area contributed by atoms with E-state index in [-0.39, 0.29) is 24.0 Å². The van der Waals surface area contributed by atoms with Gasteiger partial charge >= 0.3 is 13.2 Å². The number of hydrogen-bond donors (Lipinski definition) is 0. The fourth-order valence-corrected chi connectivity index (χ4v) is 5.14. The number of likely N-dealkylation sites (tertiary alicyclic amines) is 1. The Hall–Kier alpha value is -2.39. The van der Waals surface area contributed by atoms with Gasteiger partial charge in [-0.05, 0) is 84.8 Å². The molecule has 0 spiro atoms. The van der Waals surface area contributed by atoms with Gasteiger partial charge < -0.3 is 14.0 Å². The third-order valence-electron chi connectivity index (χ3n) is 7.72. The average molecular weight is 497 g/mol. The van der Waals surface area contributed by atoms with Crippen LogP contribution < -0.4 is 5.46 Å². The van der Waals surface area contributed by atoms with Crippen molar-refractivity contribution in [2.24, 2.45) is 5.92 Å². The predicted molar refractivity (Wildman–Crippen MR) is 140 cm³/mol. The standard InChI is InChI=1S/C27H40BN3O5/c1-10-18-12-11-15-30(24(33)34-25(3,4)5)22(18)23-29-20-14-13-19(16-21(20)31(23)17(2)32)28-35-26(6,7)27(8,9)36-28/h13-14,16,18,22H,10-12,15H2,1-9H3. The average Bonchev–Trinajstić information content (AvgIpc) is 3.24. The van der Waals surface area contributed by atoms with Crippen molar-refractivity contribution in [3.05, 3.63) is 24.0 Å². The van der Waals surface area contributed by atoms with E-state index in [2.05, 4.69) is 6.92 Å². The third-order valence-corrected chi connectivity index (χ3v) is 7.72. The van der Waals surface area contributed by atoms with Gasteiger partial charge in [0.15, 0.2) is 0 Å². The van der Waals surface area contributed by atoms with Crippen molar-refractivity contribution < 1.29 is 23.6 Å². The summed E-state index contributed by atoms with van der Waals surface area (Å²) < 4.78 is 19.9. The van der Waals surface area contributed by atoms with Gasteiger partial charge in [-0.15, -0.1) is 0 Å². The summed E-state index contributed by atoms with van der Waals surface area (Å²) in [7, 11) is -0.547. The zero-order valence-corrected chi connectivity index (χ0v) is 23.2. The highest BCUT2D eigenvalue weighted by atomic mass is 16.7. The van der Waals surface area contributed by atoms with Crippen LogP contribution in [0.2, 0.25) is 0 Å². The van der Waals surface area contributed by atoms with Crippen LogP contribution in [0.25, 0.3) is 11.0 Å².